The van der Waals surface area contributed by atoms with E-state index in [2.05, 4.69) is 110 Å². The van der Waals surface area contributed by atoms with Crippen molar-refractivity contribution >= 4 is 22.6 Å². The lowest BCUT2D eigenvalue weighted by Crippen LogP contribution is -2.41. The minimum atomic E-state index is -1.92. The highest BCUT2D eigenvalue weighted by Gasteiger charge is 2.38. The van der Waals surface area contributed by atoms with Crippen molar-refractivity contribution < 1.29 is 18.8 Å². The van der Waals surface area contributed by atoms with E-state index in [1.54, 1.807) is 0 Å². The second-order valence-corrected chi connectivity index (χ2v) is 23.6. The number of aliphatic carboxylic acids is 1. The van der Waals surface area contributed by atoms with Crippen LogP contribution in [0.5, 0.6) is 0 Å². The molecule has 0 aliphatic carbocycles. The molecule has 0 heterocycles. The van der Waals surface area contributed by atoms with Crippen molar-refractivity contribution in [2.75, 3.05) is 0 Å². The summed E-state index contributed by atoms with van der Waals surface area (Å²) in [7, 11) is -3.80. The van der Waals surface area contributed by atoms with Crippen molar-refractivity contribution in [3.8, 4) is 11.8 Å². The molecule has 2 rings (SSSR count). The molecule has 2 aromatic rings. The molecule has 40 heavy (non-hydrogen) atoms. The van der Waals surface area contributed by atoms with E-state index >= 15 is 0 Å². The Morgan fingerprint density at radius 1 is 0.750 bits per heavy atom. The van der Waals surface area contributed by atoms with Crippen LogP contribution in [0, 0.1) is 11.8 Å². The van der Waals surface area contributed by atoms with Gasteiger partial charge in [0.05, 0.1) is 13.2 Å². The maximum absolute atomic E-state index is 10.6. The molecule has 0 spiro atoms. The fraction of sp³-hybridized carbons (Fsp3) is 0.559. The quantitative estimate of drug-likeness (QED) is 0.145. The van der Waals surface area contributed by atoms with Crippen molar-refractivity contribution in [1.82, 2.24) is 0 Å². The first kappa shape index (κ1) is 34.0. The third-order valence-corrected chi connectivity index (χ3v) is 17.6. The van der Waals surface area contributed by atoms with Crippen LogP contribution in [-0.2, 0) is 33.3 Å². The van der Waals surface area contributed by atoms with Gasteiger partial charge >= 0.3 is 0 Å². The van der Waals surface area contributed by atoms with Crippen molar-refractivity contribution in [1.29, 1.82) is 0 Å². The maximum Gasteiger partial charge on any atom is 0.192 e. The Bertz CT molecular complexity index is 1190. The lowest BCUT2D eigenvalue weighted by atomic mass is 10.0. The number of carboxylic acid groups (broad SMARTS) is 1. The van der Waals surface area contributed by atoms with E-state index < -0.39 is 22.6 Å². The molecule has 0 unspecified atom stereocenters. The van der Waals surface area contributed by atoms with Crippen molar-refractivity contribution in [2.24, 2.45) is 0 Å². The predicted molar refractivity (Wildman–Crippen MR) is 170 cm³/mol. The molecule has 0 aliphatic rings. The summed E-state index contributed by atoms with van der Waals surface area (Å²) in [4.78, 5) is 10.6. The number of hydrogen-bond donors (Lipinski definition) is 0. The molecule has 0 saturated carbocycles. The number of unbranched alkanes of at least 4 members (excludes halogenated alkanes) is 2. The van der Waals surface area contributed by atoms with Crippen LogP contribution in [-0.4, -0.2) is 22.6 Å². The first-order valence-corrected chi connectivity index (χ1v) is 20.4. The largest absolute Gasteiger partial charge is 0.550 e. The summed E-state index contributed by atoms with van der Waals surface area (Å²) in [6, 6.07) is 14.7. The van der Waals surface area contributed by atoms with Crippen LogP contribution < -0.4 is 5.11 Å². The zero-order chi connectivity index (χ0) is 30.2. The van der Waals surface area contributed by atoms with Gasteiger partial charge in [-0.3, -0.25) is 0 Å². The van der Waals surface area contributed by atoms with Gasteiger partial charge in [-0.05, 0) is 103 Å². The first-order valence-electron chi connectivity index (χ1n) is 14.6. The van der Waals surface area contributed by atoms with Crippen molar-refractivity contribution in [3.63, 3.8) is 0 Å². The van der Waals surface area contributed by atoms with Gasteiger partial charge in [-0.2, -0.15) is 0 Å². The molecular weight excluding hydrogens is 529 g/mol. The molecule has 0 N–H and O–H groups in total. The number of carbonyl (C=O) groups excluding carboxylic acids is 1. The van der Waals surface area contributed by atoms with Gasteiger partial charge in [0.2, 0.25) is 0 Å². The van der Waals surface area contributed by atoms with E-state index in [0.717, 1.165) is 36.0 Å². The normalized spacial score (nSPS) is 12.7. The minimum absolute atomic E-state index is 0.135. The summed E-state index contributed by atoms with van der Waals surface area (Å²) in [5.41, 5.74) is 5.51. The highest BCUT2D eigenvalue weighted by atomic mass is 28.4. The molecule has 0 amide bonds. The third-order valence-electron chi connectivity index (χ3n) is 8.62. The smallest absolute Gasteiger partial charge is 0.192 e. The molecular formula is C34H51O4Si2-. The molecule has 0 atom stereocenters. The Labute approximate surface area is 246 Å². The molecule has 220 valence electrons. The molecule has 4 nitrogen and oxygen atoms in total. The van der Waals surface area contributed by atoms with Crippen LogP contribution in [0.2, 0.25) is 36.3 Å². The Kier molecular flexibility index (Phi) is 12.0. The SMILES string of the molecule is CC(C)(C)[Si](C)(C)OCc1ccc(C#Cc2cccc(CCCCCC(=O)[O-])c2)cc1CO[Si](C)(C)C(C)(C)C. The summed E-state index contributed by atoms with van der Waals surface area (Å²) < 4.78 is 13.2. The molecule has 0 aromatic heterocycles. The minimum Gasteiger partial charge on any atom is -0.550 e. The molecule has 2 aromatic carbocycles. The first-order chi connectivity index (χ1) is 18.4. The fourth-order valence-corrected chi connectivity index (χ4v) is 5.55. The Morgan fingerprint density at radius 3 is 1.85 bits per heavy atom. The fourth-order valence-electron chi connectivity index (χ4n) is 3.65. The number of carboxylic acids is 1. The monoisotopic (exact) mass is 579 g/mol. The average Bonchev–Trinajstić information content (AvgIpc) is 2.84. The zero-order valence-electron chi connectivity index (χ0n) is 26.6. The summed E-state index contributed by atoms with van der Waals surface area (Å²) >= 11 is 0. The summed E-state index contributed by atoms with van der Waals surface area (Å²) in [5, 5.41) is 10.9. The number of benzene rings is 2. The molecule has 0 radical (unpaired) electrons. The number of rotatable bonds is 12. The van der Waals surface area contributed by atoms with E-state index in [4.69, 9.17) is 8.85 Å². The van der Waals surface area contributed by atoms with Gasteiger partial charge in [-0.25, -0.2) is 0 Å². The van der Waals surface area contributed by atoms with E-state index in [1.807, 2.05) is 12.1 Å². The van der Waals surface area contributed by atoms with Gasteiger partial charge in [-0.15, -0.1) is 0 Å². The van der Waals surface area contributed by atoms with Crippen LogP contribution in [0.3, 0.4) is 0 Å². The Morgan fingerprint density at radius 2 is 1.30 bits per heavy atom. The van der Waals surface area contributed by atoms with Crippen molar-refractivity contribution in [2.45, 2.75) is 123 Å². The molecule has 0 aliphatic heterocycles. The maximum atomic E-state index is 10.6. The van der Waals surface area contributed by atoms with Gasteiger partial charge in [0.25, 0.3) is 0 Å². The molecule has 0 fully saturated rings. The zero-order valence-corrected chi connectivity index (χ0v) is 28.6. The van der Waals surface area contributed by atoms with E-state index in [-0.39, 0.29) is 16.5 Å². The van der Waals surface area contributed by atoms with Crippen LogP contribution in [0.15, 0.2) is 42.5 Å². The summed E-state index contributed by atoms with van der Waals surface area (Å²) in [6.07, 6.45) is 3.56. The second-order valence-electron chi connectivity index (χ2n) is 14.0. The third kappa shape index (κ3) is 10.7. The Balaban J connectivity index is 2.24. The number of aryl methyl sites for hydroxylation is 1. The van der Waals surface area contributed by atoms with Crippen LogP contribution in [0.4, 0.5) is 0 Å². The number of carbonyl (C=O) groups is 1. The highest BCUT2D eigenvalue weighted by Crippen LogP contribution is 2.38. The highest BCUT2D eigenvalue weighted by molar-refractivity contribution is 6.74. The summed E-state index contributed by atoms with van der Waals surface area (Å²) in [6.45, 7) is 23.9. The van der Waals surface area contributed by atoms with Gasteiger partial charge in [-0.1, -0.05) is 78.0 Å². The average molecular weight is 580 g/mol. The number of hydrogen-bond acceptors (Lipinski definition) is 4. The summed E-state index contributed by atoms with van der Waals surface area (Å²) in [5.74, 6) is 5.75. The van der Waals surface area contributed by atoms with Crippen molar-refractivity contribution in [3.05, 3.63) is 70.3 Å². The second kappa shape index (κ2) is 14.1. The molecule has 0 bridgehead atoms. The van der Waals surface area contributed by atoms with Crippen LogP contribution in [0.1, 0.15) is 95.0 Å². The van der Waals surface area contributed by atoms with E-state index in [9.17, 15) is 9.90 Å². The lowest BCUT2D eigenvalue weighted by molar-refractivity contribution is -0.305. The van der Waals surface area contributed by atoms with Gasteiger partial charge in [0, 0.05) is 17.1 Å². The van der Waals surface area contributed by atoms with Gasteiger partial charge < -0.3 is 18.8 Å². The van der Waals surface area contributed by atoms with Crippen LogP contribution >= 0.6 is 0 Å². The van der Waals surface area contributed by atoms with E-state index in [0.29, 0.717) is 19.6 Å². The van der Waals surface area contributed by atoms with Gasteiger partial charge in [0.15, 0.2) is 16.6 Å². The van der Waals surface area contributed by atoms with Crippen LogP contribution in [0.25, 0.3) is 0 Å². The van der Waals surface area contributed by atoms with Gasteiger partial charge in [0.1, 0.15) is 0 Å². The molecule has 6 heteroatoms. The Hall–Kier alpha value is -2.18. The molecule has 0 saturated heterocycles. The topological polar surface area (TPSA) is 58.6 Å². The lowest BCUT2D eigenvalue weighted by Gasteiger charge is -2.37. The standard InChI is InChI=1S/C34H52O4Si2/c1-33(2,3)39(7,8)37-25-30-22-21-29(24-31(30)26-38-40(9,10)34(4,5)6)20-19-28-17-14-16-27(23-28)15-12-11-13-18-32(35)36/h14,16-17,21-24H,11-13,15,18,25-26H2,1-10H3,(H,35,36)/p-1. The van der Waals surface area contributed by atoms with E-state index in [1.165, 1.54) is 11.1 Å². The predicted octanol–water partition coefficient (Wildman–Crippen LogP) is 7.98.